The van der Waals surface area contributed by atoms with Gasteiger partial charge in [-0.15, -0.1) is 0 Å². The maximum Gasteiger partial charge on any atom is 0.302 e. The first-order valence-electron chi connectivity index (χ1n) is 5.43. The van der Waals surface area contributed by atoms with Gasteiger partial charge in [-0.3, -0.25) is 4.79 Å². The van der Waals surface area contributed by atoms with Gasteiger partial charge in [-0.1, -0.05) is 6.07 Å². The molecule has 4 nitrogen and oxygen atoms in total. The van der Waals surface area contributed by atoms with E-state index in [1.54, 1.807) is 6.21 Å². The van der Waals surface area contributed by atoms with E-state index >= 15 is 0 Å². The quantitative estimate of drug-likeness (QED) is 0.376. The number of carbonyl (C=O) groups is 1. The molecule has 0 fully saturated rings. The van der Waals surface area contributed by atoms with Gasteiger partial charge in [0.15, 0.2) is 0 Å². The predicted molar refractivity (Wildman–Crippen MR) is 67.9 cm³/mol. The van der Waals surface area contributed by atoms with E-state index in [0.717, 1.165) is 27.8 Å². The molecule has 17 heavy (non-hydrogen) atoms. The smallest absolute Gasteiger partial charge is 0.302 e. The number of hydrogen-bond donors (Lipinski definition) is 1. The molecule has 0 aliphatic carbocycles. The Labute approximate surface area is 101 Å². The molecular formula is C13H18N2O2. The summed E-state index contributed by atoms with van der Waals surface area (Å²) < 4.78 is 5.05. The summed E-state index contributed by atoms with van der Waals surface area (Å²) in [6, 6.07) is 2.04. The Morgan fingerprint density at radius 3 is 2.59 bits per heavy atom. The normalized spacial score (nSPS) is 10.8. The molecule has 0 spiro atoms. The molecule has 4 heteroatoms. The summed E-state index contributed by atoms with van der Waals surface area (Å²) in [7, 11) is 0. The van der Waals surface area contributed by atoms with Crippen molar-refractivity contribution in [2.75, 3.05) is 0 Å². The summed E-state index contributed by atoms with van der Waals surface area (Å²) in [5.74, 6) is 4.91. The first kappa shape index (κ1) is 13.2. The molecule has 0 bridgehead atoms. The Hall–Kier alpha value is -1.84. The van der Waals surface area contributed by atoms with Crippen LogP contribution in [0.5, 0.6) is 0 Å². The van der Waals surface area contributed by atoms with Gasteiger partial charge in [0.05, 0.1) is 6.21 Å². The van der Waals surface area contributed by atoms with E-state index in [4.69, 9.17) is 10.6 Å². The lowest BCUT2D eigenvalue weighted by molar-refractivity contribution is -0.142. The fraction of sp³-hybridized carbons (Fsp3) is 0.385. The second-order valence-corrected chi connectivity index (χ2v) is 4.09. The molecule has 0 aromatic heterocycles. The number of rotatable bonds is 3. The molecule has 1 aromatic rings. The van der Waals surface area contributed by atoms with Crippen molar-refractivity contribution in [1.82, 2.24) is 0 Å². The first-order valence-corrected chi connectivity index (χ1v) is 5.43. The molecule has 0 atom stereocenters. The van der Waals surface area contributed by atoms with Gasteiger partial charge in [-0.2, -0.15) is 5.10 Å². The van der Waals surface area contributed by atoms with Crippen molar-refractivity contribution in [3.05, 3.63) is 33.9 Å². The van der Waals surface area contributed by atoms with Gasteiger partial charge in [-0.05, 0) is 43.0 Å². The van der Waals surface area contributed by atoms with Gasteiger partial charge in [-0.25, -0.2) is 0 Å². The number of carbonyl (C=O) groups excluding carboxylic acids is 1. The van der Waals surface area contributed by atoms with Crippen molar-refractivity contribution in [3.8, 4) is 0 Å². The van der Waals surface area contributed by atoms with Crippen molar-refractivity contribution >= 4 is 12.2 Å². The number of ether oxygens (including phenoxy) is 1. The van der Waals surface area contributed by atoms with Crippen LogP contribution in [0.15, 0.2) is 11.2 Å². The van der Waals surface area contributed by atoms with Crippen LogP contribution >= 0.6 is 0 Å². The number of esters is 1. The number of hydrazone groups is 1. The standard InChI is InChI=1S/C13H18N2O2/c1-8-5-9(2)13(7-17-11(4)16)10(3)12(8)6-15-14/h5-6H,7,14H2,1-4H3. The van der Waals surface area contributed by atoms with Crippen molar-refractivity contribution in [3.63, 3.8) is 0 Å². The number of nitrogens with two attached hydrogens (primary N) is 1. The molecule has 0 saturated carbocycles. The van der Waals surface area contributed by atoms with E-state index in [0.29, 0.717) is 6.61 Å². The van der Waals surface area contributed by atoms with Crippen LogP contribution < -0.4 is 5.84 Å². The highest BCUT2D eigenvalue weighted by atomic mass is 16.5. The third-order valence-electron chi connectivity index (χ3n) is 2.81. The van der Waals surface area contributed by atoms with E-state index in [1.807, 2.05) is 26.8 Å². The van der Waals surface area contributed by atoms with Crippen molar-refractivity contribution in [2.45, 2.75) is 34.3 Å². The fourth-order valence-electron chi connectivity index (χ4n) is 1.91. The zero-order valence-corrected chi connectivity index (χ0v) is 10.7. The second kappa shape index (κ2) is 5.48. The monoisotopic (exact) mass is 234 g/mol. The number of nitrogens with zero attached hydrogens (tertiary/aromatic N) is 1. The minimum atomic E-state index is -0.279. The summed E-state index contributed by atoms with van der Waals surface area (Å²) in [5, 5.41) is 3.56. The zero-order chi connectivity index (χ0) is 13.0. The van der Waals surface area contributed by atoms with E-state index in [9.17, 15) is 4.79 Å². The summed E-state index contributed by atoms with van der Waals surface area (Å²) in [6.45, 7) is 7.68. The number of benzene rings is 1. The Morgan fingerprint density at radius 1 is 1.41 bits per heavy atom. The highest BCUT2D eigenvalue weighted by Crippen LogP contribution is 2.21. The van der Waals surface area contributed by atoms with Gasteiger partial charge < -0.3 is 10.6 Å². The highest BCUT2D eigenvalue weighted by molar-refractivity contribution is 5.84. The van der Waals surface area contributed by atoms with E-state index in [2.05, 4.69) is 5.10 Å². The first-order chi connectivity index (χ1) is 7.97. The zero-order valence-electron chi connectivity index (χ0n) is 10.7. The molecule has 0 heterocycles. The average Bonchev–Trinajstić information content (AvgIpc) is 2.23. The van der Waals surface area contributed by atoms with Crippen molar-refractivity contribution in [2.24, 2.45) is 10.9 Å². The maximum absolute atomic E-state index is 10.8. The van der Waals surface area contributed by atoms with Crippen LogP contribution in [0, 0.1) is 20.8 Å². The Kier molecular flexibility index (Phi) is 4.26. The molecule has 1 rings (SSSR count). The van der Waals surface area contributed by atoms with Crippen molar-refractivity contribution < 1.29 is 9.53 Å². The summed E-state index contributed by atoms with van der Waals surface area (Å²) in [5.41, 5.74) is 5.27. The van der Waals surface area contributed by atoms with Crippen LogP contribution in [0.2, 0.25) is 0 Å². The van der Waals surface area contributed by atoms with Gasteiger partial charge in [0, 0.05) is 12.5 Å². The van der Waals surface area contributed by atoms with Gasteiger partial charge >= 0.3 is 5.97 Å². The number of hydrogen-bond acceptors (Lipinski definition) is 4. The summed E-state index contributed by atoms with van der Waals surface area (Å²) in [4.78, 5) is 10.8. The lowest BCUT2D eigenvalue weighted by Crippen LogP contribution is -2.06. The van der Waals surface area contributed by atoms with Gasteiger partial charge in [0.1, 0.15) is 6.61 Å². The minimum Gasteiger partial charge on any atom is -0.461 e. The van der Waals surface area contributed by atoms with Crippen LogP contribution in [0.4, 0.5) is 0 Å². The molecule has 0 aliphatic rings. The SMILES string of the molecule is CC(=O)OCc1c(C)cc(C)c(C=NN)c1C. The molecule has 92 valence electrons. The molecule has 0 saturated heterocycles. The second-order valence-electron chi connectivity index (χ2n) is 4.09. The lowest BCUT2D eigenvalue weighted by atomic mass is 9.94. The van der Waals surface area contributed by atoms with Gasteiger partial charge in [0.2, 0.25) is 0 Å². The van der Waals surface area contributed by atoms with E-state index in [-0.39, 0.29) is 5.97 Å². The Balaban J connectivity index is 3.20. The lowest BCUT2D eigenvalue weighted by Gasteiger charge is -2.14. The number of aryl methyl sites for hydroxylation is 2. The third-order valence-corrected chi connectivity index (χ3v) is 2.81. The molecule has 2 N–H and O–H groups in total. The largest absolute Gasteiger partial charge is 0.461 e. The third kappa shape index (κ3) is 3.06. The highest BCUT2D eigenvalue weighted by Gasteiger charge is 2.10. The molecule has 1 aromatic carbocycles. The topological polar surface area (TPSA) is 64.7 Å². The van der Waals surface area contributed by atoms with E-state index in [1.165, 1.54) is 6.92 Å². The van der Waals surface area contributed by atoms with Crippen LogP contribution in [0.3, 0.4) is 0 Å². The van der Waals surface area contributed by atoms with Gasteiger partial charge in [0.25, 0.3) is 0 Å². The van der Waals surface area contributed by atoms with Crippen LogP contribution in [0.25, 0.3) is 0 Å². The van der Waals surface area contributed by atoms with Crippen LogP contribution in [0.1, 0.15) is 34.7 Å². The van der Waals surface area contributed by atoms with Crippen LogP contribution in [-0.2, 0) is 16.1 Å². The van der Waals surface area contributed by atoms with Crippen molar-refractivity contribution in [1.29, 1.82) is 0 Å². The molecule has 0 aliphatic heterocycles. The maximum atomic E-state index is 10.8. The Morgan fingerprint density at radius 2 is 2.06 bits per heavy atom. The van der Waals surface area contributed by atoms with Crippen LogP contribution in [-0.4, -0.2) is 12.2 Å². The minimum absolute atomic E-state index is 0.279. The molecule has 0 unspecified atom stereocenters. The molecular weight excluding hydrogens is 216 g/mol. The predicted octanol–water partition coefficient (Wildman–Crippen LogP) is 1.97. The summed E-state index contributed by atoms with van der Waals surface area (Å²) >= 11 is 0. The average molecular weight is 234 g/mol. The van der Waals surface area contributed by atoms with E-state index < -0.39 is 0 Å². The summed E-state index contributed by atoms with van der Waals surface area (Å²) in [6.07, 6.45) is 1.63. The fourth-order valence-corrected chi connectivity index (χ4v) is 1.91. The molecule has 0 amide bonds. The Bertz CT molecular complexity index is 465. The molecule has 0 radical (unpaired) electrons.